The van der Waals surface area contributed by atoms with Crippen molar-refractivity contribution >= 4 is 11.0 Å². The monoisotopic (exact) mass is 289 g/mol. The number of ether oxygens (including phenoxy) is 1. The number of benzene rings is 1. The third-order valence-electron chi connectivity index (χ3n) is 3.86. The van der Waals surface area contributed by atoms with Gasteiger partial charge in [-0.1, -0.05) is 26.0 Å². The summed E-state index contributed by atoms with van der Waals surface area (Å²) in [6.07, 6.45) is 2.08. The lowest BCUT2D eigenvalue weighted by atomic mass is 9.94. The highest BCUT2D eigenvalue weighted by atomic mass is 16.5. The van der Waals surface area contributed by atoms with Crippen molar-refractivity contribution in [3.63, 3.8) is 0 Å². The first-order valence-electron chi connectivity index (χ1n) is 7.78. The summed E-state index contributed by atoms with van der Waals surface area (Å²) < 4.78 is 7.52. The van der Waals surface area contributed by atoms with Crippen molar-refractivity contribution in [3.8, 4) is 0 Å². The quantitative estimate of drug-likeness (QED) is 0.813. The summed E-state index contributed by atoms with van der Waals surface area (Å²) in [6, 6.07) is 8.29. The number of para-hydroxylation sites is 2. The van der Waals surface area contributed by atoms with Crippen molar-refractivity contribution in [1.29, 1.82) is 0 Å². The second kappa shape index (κ2) is 7.57. The predicted molar refractivity (Wildman–Crippen MR) is 87.3 cm³/mol. The summed E-state index contributed by atoms with van der Waals surface area (Å²) in [5.74, 6) is 2.28. The lowest BCUT2D eigenvalue weighted by Crippen LogP contribution is -2.21. The maximum absolute atomic E-state index is 5.95. The number of aromatic nitrogens is 2. The topological polar surface area (TPSA) is 53.1 Å². The molecule has 1 unspecified atom stereocenters. The number of methoxy groups -OCH3 is 1. The molecule has 2 N–H and O–H groups in total. The molecule has 0 aliphatic rings. The molecule has 21 heavy (non-hydrogen) atoms. The Bertz CT molecular complexity index is 562. The van der Waals surface area contributed by atoms with E-state index < -0.39 is 0 Å². The summed E-state index contributed by atoms with van der Waals surface area (Å²) >= 11 is 0. The highest BCUT2D eigenvalue weighted by Crippen LogP contribution is 2.21. The van der Waals surface area contributed by atoms with E-state index in [2.05, 4.69) is 36.6 Å². The van der Waals surface area contributed by atoms with E-state index in [4.69, 9.17) is 15.5 Å². The summed E-state index contributed by atoms with van der Waals surface area (Å²) in [5, 5.41) is 0. The molecule has 4 heteroatoms. The molecule has 116 valence electrons. The molecule has 1 aromatic carbocycles. The number of hydrogen-bond acceptors (Lipinski definition) is 3. The Labute approximate surface area is 127 Å². The Morgan fingerprint density at radius 1 is 1.29 bits per heavy atom. The van der Waals surface area contributed by atoms with Crippen molar-refractivity contribution in [2.45, 2.75) is 33.2 Å². The fraction of sp³-hybridized carbons (Fsp3) is 0.588. The van der Waals surface area contributed by atoms with E-state index in [1.807, 2.05) is 6.07 Å². The third kappa shape index (κ3) is 4.05. The average Bonchev–Trinajstić information content (AvgIpc) is 2.81. The summed E-state index contributed by atoms with van der Waals surface area (Å²) in [7, 11) is 1.74. The molecule has 1 atom stereocenters. The van der Waals surface area contributed by atoms with Crippen LogP contribution in [-0.4, -0.2) is 29.8 Å². The van der Waals surface area contributed by atoms with Crippen LogP contribution in [0.4, 0.5) is 0 Å². The van der Waals surface area contributed by atoms with Gasteiger partial charge >= 0.3 is 0 Å². The minimum absolute atomic E-state index is 0.489. The van der Waals surface area contributed by atoms with Gasteiger partial charge in [-0.2, -0.15) is 0 Å². The Balaban J connectivity index is 2.28. The smallest absolute Gasteiger partial charge is 0.110 e. The fourth-order valence-corrected chi connectivity index (χ4v) is 2.90. The van der Waals surface area contributed by atoms with Crippen LogP contribution in [0.5, 0.6) is 0 Å². The van der Waals surface area contributed by atoms with E-state index >= 15 is 0 Å². The highest BCUT2D eigenvalue weighted by Gasteiger charge is 2.16. The second-order valence-corrected chi connectivity index (χ2v) is 6.10. The highest BCUT2D eigenvalue weighted by molar-refractivity contribution is 5.75. The number of nitrogens with two attached hydrogens (primary N) is 1. The molecule has 0 aliphatic heterocycles. The molecule has 0 saturated carbocycles. The SMILES string of the molecule is COCCn1c(CC(CN)CC(C)C)nc2ccccc21. The molecule has 0 amide bonds. The summed E-state index contributed by atoms with van der Waals surface area (Å²) in [5.41, 5.74) is 8.20. The minimum atomic E-state index is 0.489. The van der Waals surface area contributed by atoms with E-state index in [1.54, 1.807) is 7.11 Å². The van der Waals surface area contributed by atoms with Gasteiger partial charge in [0, 0.05) is 20.1 Å². The molecule has 0 bridgehead atoms. The van der Waals surface area contributed by atoms with Gasteiger partial charge in [-0.3, -0.25) is 0 Å². The van der Waals surface area contributed by atoms with Crippen molar-refractivity contribution in [2.24, 2.45) is 17.6 Å². The summed E-state index contributed by atoms with van der Waals surface area (Å²) in [4.78, 5) is 4.81. The fourth-order valence-electron chi connectivity index (χ4n) is 2.90. The molecule has 2 aromatic rings. The first kappa shape index (κ1) is 16.0. The van der Waals surface area contributed by atoms with Crippen molar-refractivity contribution in [1.82, 2.24) is 9.55 Å². The molecule has 0 spiro atoms. The number of imidazole rings is 1. The minimum Gasteiger partial charge on any atom is -0.383 e. The van der Waals surface area contributed by atoms with Gasteiger partial charge in [-0.15, -0.1) is 0 Å². The Morgan fingerprint density at radius 2 is 2.05 bits per heavy atom. The molecule has 4 nitrogen and oxygen atoms in total. The number of rotatable bonds is 8. The van der Waals surface area contributed by atoms with Crippen molar-refractivity contribution < 1.29 is 4.74 Å². The lowest BCUT2D eigenvalue weighted by molar-refractivity contribution is 0.187. The van der Waals surface area contributed by atoms with E-state index in [0.29, 0.717) is 25.0 Å². The molecule has 0 radical (unpaired) electrons. The number of nitrogens with zero attached hydrogens (tertiary/aromatic N) is 2. The van der Waals surface area contributed by atoms with Crippen LogP contribution in [0.25, 0.3) is 11.0 Å². The van der Waals surface area contributed by atoms with Crippen LogP contribution in [0.3, 0.4) is 0 Å². The molecule has 0 saturated heterocycles. The molecular formula is C17H27N3O. The van der Waals surface area contributed by atoms with Crippen LogP contribution in [0, 0.1) is 11.8 Å². The van der Waals surface area contributed by atoms with Crippen molar-refractivity contribution in [2.75, 3.05) is 20.3 Å². The predicted octanol–water partition coefficient (Wildman–Crippen LogP) is 2.85. The zero-order valence-electron chi connectivity index (χ0n) is 13.4. The molecule has 2 rings (SSSR count). The van der Waals surface area contributed by atoms with Crippen LogP contribution >= 0.6 is 0 Å². The van der Waals surface area contributed by atoms with Crippen molar-refractivity contribution in [3.05, 3.63) is 30.1 Å². The average molecular weight is 289 g/mol. The zero-order chi connectivity index (χ0) is 15.2. The van der Waals surface area contributed by atoms with Gasteiger partial charge in [0.05, 0.1) is 17.6 Å². The van der Waals surface area contributed by atoms with Crippen LogP contribution in [0.1, 0.15) is 26.1 Å². The maximum Gasteiger partial charge on any atom is 0.110 e. The second-order valence-electron chi connectivity index (χ2n) is 6.10. The largest absolute Gasteiger partial charge is 0.383 e. The normalized spacial score (nSPS) is 13.2. The van der Waals surface area contributed by atoms with Gasteiger partial charge in [-0.05, 0) is 36.9 Å². The lowest BCUT2D eigenvalue weighted by Gasteiger charge is -2.17. The first-order chi connectivity index (χ1) is 10.2. The standard InChI is InChI=1S/C17H27N3O/c1-13(2)10-14(12-18)11-17-19-15-6-4-5-7-16(15)20(17)8-9-21-3/h4-7,13-14H,8-12,18H2,1-3H3. The molecule has 1 aromatic heterocycles. The third-order valence-corrected chi connectivity index (χ3v) is 3.86. The van der Waals surface area contributed by atoms with Gasteiger partial charge in [0.2, 0.25) is 0 Å². The van der Waals surface area contributed by atoms with Gasteiger partial charge in [0.15, 0.2) is 0 Å². The van der Waals surface area contributed by atoms with E-state index in [-0.39, 0.29) is 0 Å². The number of fused-ring (bicyclic) bond motifs is 1. The molecule has 0 fully saturated rings. The maximum atomic E-state index is 5.95. The molecular weight excluding hydrogens is 262 g/mol. The zero-order valence-corrected chi connectivity index (χ0v) is 13.4. The molecule has 0 aliphatic carbocycles. The van der Waals surface area contributed by atoms with E-state index in [0.717, 1.165) is 30.7 Å². The van der Waals surface area contributed by atoms with Gasteiger partial charge in [0.1, 0.15) is 5.82 Å². The van der Waals surface area contributed by atoms with Crippen LogP contribution in [0.2, 0.25) is 0 Å². The van der Waals surface area contributed by atoms with Gasteiger partial charge < -0.3 is 15.0 Å². The Morgan fingerprint density at radius 3 is 2.71 bits per heavy atom. The van der Waals surface area contributed by atoms with Gasteiger partial charge in [0.25, 0.3) is 0 Å². The van der Waals surface area contributed by atoms with Crippen LogP contribution < -0.4 is 5.73 Å². The molecule has 1 heterocycles. The van der Waals surface area contributed by atoms with E-state index in [9.17, 15) is 0 Å². The van der Waals surface area contributed by atoms with Gasteiger partial charge in [-0.25, -0.2) is 4.98 Å². The summed E-state index contributed by atoms with van der Waals surface area (Å²) in [6.45, 7) is 6.74. The Hall–Kier alpha value is -1.39. The van der Waals surface area contributed by atoms with Crippen LogP contribution in [0.15, 0.2) is 24.3 Å². The van der Waals surface area contributed by atoms with Crippen LogP contribution in [-0.2, 0) is 17.7 Å². The van der Waals surface area contributed by atoms with E-state index in [1.165, 1.54) is 5.52 Å². The number of hydrogen-bond donors (Lipinski definition) is 1. The first-order valence-corrected chi connectivity index (χ1v) is 7.78. The Kier molecular flexibility index (Phi) is 5.76.